The Kier molecular flexibility index (Phi) is 2.67. The second kappa shape index (κ2) is 3.83. The van der Waals surface area contributed by atoms with E-state index >= 15 is 0 Å². The summed E-state index contributed by atoms with van der Waals surface area (Å²) in [6.07, 6.45) is 0.781. The normalized spacial score (nSPS) is 18.9. The Morgan fingerprint density at radius 2 is 2.27 bits per heavy atom. The number of fused-ring (bicyclic) bond motifs is 1. The lowest BCUT2D eigenvalue weighted by atomic mass is 9.96. The van der Waals surface area contributed by atoms with Crippen molar-refractivity contribution >= 4 is 23.2 Å². The van der Waals surface area contributed by atoms with Crippen LogP contribution in [0.25, 0.3) is 0 Å². The summed E-state index contributed by atoms with van der Waals surface area (Å²) in [5.41, 5.74) is 8.36. The van der Waals surface area contributed by atoms with E-state index in [1.165, 1.54) is 0 Å². The lowest BCUT2D eigenvalue weighted by molar-refractivity contribution is -0.117. The van der Waals surface area contributed by atoms with Crippen molar-refractivity contribution in [3.05, 3.63) is 28.3 Å². The number of hydrogen-bond donors (Lipinski definition) is 2. The first-order valence-electron chi connectivity index (χ1n) is 5.00. The highest BCUT2D eigenvalue weighted by Crippen LogP contribution is 2.38. The van der Waals surface area contributed by atoms with Crippen LogP contribution in [0.15, 0.2) is 12.1 Å². The maximum absolute atomic E-state index is 11.6. The minimum absolute atomic E-state index is 0.0458. The Labute approximate surface area is 93.6 Å². The standard InChI is InChI=1S/C11H13ClN2O/c1-2-8-9-4-7(12)3-6(5-13)10(9)14-11(8)15/h3-4,8H,2,5,13H2,1H3,(H,14,15). The molecule has 1 atom stereocenters. The molecule has 0 aliphatic carbocycles. The maximum atomic E-state index is 11.6. The Morgan fingerprint density at radius 3 is 2.87 bits per heavy atom. The van der Waals surface area contributed by atoms with Crippen LogP contribution in [-0.4, -0.2) is 5.91 Å². The number of nitrogens with one attached hydrogen (secondary N) is 1. The van der Waals surface area contributed by atoms with Gasteiger partial charge in [0.15, 0.2) is 0 Å². The minimum atomic E-state index is -0.0796. The van der Waals surface area contributed by atoms with E-state index in [1.54, 1.807) is 6.07 Å². The van der Waals surface area contributed by atoms with Gasteiger partial charge in [-0.3, -0.25) is 4.79 Å². The molecule has 1 aromatic rings. The predicted molar refractivity (Wildman–Crippen MR) is 61.0 cm³/mol. The molecule has 0 saturated carbocycles. The molecule has 1 aliphatic rings. The van der Waals surface area contributed by atoms with Gasteiger partial charge in [-0.1, -0.05) is 18.5 Å². The van der Waals surface area contributed by atoms with Gasteiger partial charge in [0.1, 0.15) is 0 Å². The fourth-order valence-electron chi connectivity index (χ4n) is 2.03. The van der Waals surface area contributed by atoms with Gasteiger partial charge in [0.05, 0.1) is 5.92 Å². The van der Waals surface area contributed by atoms with Gasteiger partial charge in [-0.15, -0.1) is 0 Å². The summed E-state index contributed by atoms with van der Waals surface area (Å²) < 4.78 is 0. The van der Waals surface area contributed by atoms with E-state index < -0.39 is 0 Å². The number of carbonyl (C=O) groups is 1. The number of halogens is 1. The lowest BCUT2D eigenvalue weighted by Gasteiger charge is -2.08. The van der Waals surface area contributed by atoms with Crippen molar-refractivity contribution in [2.24, 2.45) is 5.73 Å². The topological polar surface area (TPSA) is 55.1 Å². The van der Waals surface area contributed by atoms with E-state index in [0.29, 0.717) is 11.6 Å². The average Bonchev–Trinajstić information content (AvgIpc) is 2.52. The van der Waals surface area contributed by atoms with Crippen LogP contribution in [0, 0.1) is 0 Å². The van der Waals surface area contributed by atoms with Gasteiger partial charge < -0.3 is 11.1 Å². The molecule has 0 saturated heterocycles. The molecule has 0 fully saturated rings. The maximum Gasteiger partial charge on any atom is 0.232 e. The smallest absolute Gasteiger partial charge is 0.232 e. The summed E-state index contributed by atoms with van der Waals surface area (Å²) in [7, 11) is 0. The Bertz CT molecular complexity index is 417. The number of anilines is 1. The second-order valence-electron chi connectivity index (χ2n) is 3.68. The van der Waals surface area contributed by atoms with Crippen molar-refractivity contribution in [3.8, 4) is 0 Å². The number of benzene rings is 1. The van der Waals surface area contributed by atoms with Gasteiger partial charge in [0.2, 0.25) is 5.91 Å². The SMILES string of the molecule is CCC1C(=O)Nc2c(CN)cc(Cl)cc21. The Balaban J connectivity index is 2.57. The van der Waals surface area contributed by atoms with Gasteiger partial charge in [-0.2, -0.15) is 0 Å². The number of hydrogen-bond acceptors (Lipinski definition) is 2. The van der Waals surface area contributed by atoms with Crippen LogP contribution in [0.3, 0.4) is 0 Å². The summed E-state index contributed by atoms with van der Waals surface area (Å²) in [5.74, 6) is -0.0338. The average molecular weight is 225 g/mol. The van der Waals surface area contributed by atoms with E-state index in [4.69, 9.17) is 17.3 Å². The van der Waals surface area contributed by atoms with E-state index in [-0.39, 0.29) is 11.8 Å². The van der Waals surface area contributed by atoms with Crippen molar-refractivity contribution in [2.75, 3.05) is 5.32 Å². The molecule has 80 valence electrons. The van der Waals surface area contributed by atoms with E-state index in [1.807, 2.05) is 13.0 Å². The van der Waals surface area contributed by atoms with Crippen LogP contribution in [0.4, 0.5) is 5.69 Å². The predicted octanol–water partition coefficient (Wildman–Crippen LogP) is 2.24. The molecule has 15 heavy (non-hydrogen) atoms. The second-order valence-corrected chi connectivity index (χ2v) is 4.12. The van der Waals surface area contributed by atoms with Gasteiger partial charge in [-0.25, -0.2) is 0 Å². The summed E-state index contributed by atoms with van der Waals surface area (Å²) >= 11 is 5.98. The summed E-state index contributed by atoms with van der Waals surface area (Å²) in [6.45, 7) is 2.38. The monoisotopic (exact) mass is 224 g/mol. The molecular weight excluding hydrogens is 212 g/mol. The highest BCUT2D eigenvalue weighted by molar-refractivity contribution is 6.31. The molecule has 1 heterocycles. The third-order valence-electron chi connectivity index (χ3n) is 2.78. The first kappa shape index (κ1) is 10.5. The zero-order valence-electron chi connectivity index (χ0n) is 8.51. The third kappa shape index (κ3) is 1.62. The molecule has 1 unspecified atom stereocenters. The van der Waals surface area contributed by atoms with Crippen LogP contribution in [-0.2, 0) is 11.3 Å². The van der Waals surface area contributed by atoms with Crippen LogP contribution < -0.4 is 11.1 Å². The lowest BCUT2D eigenvalue weighted by Crippen LogP contribution is -2.11. The Morgan fingerprint density at radius 1 is 1.53 bits per heavy atom. The number of rotatable bonds is 2. The fourth-order valence-corrected chi connectivity index (χ4v) is 2.28. The molecule has 1 amide bonds. The Hall–Kier alpha value is -1.06. The molecule has 0 radical (unpaired) electrons. The van der Waals surface area contributed by atoms with Gasteiger partial charge in [-0.05, 0) is 29.7 Å². The summed E-state index contributed by atoms with van der Waals surface area (Å²) in [6, 6.07) is 3.65. The first-order valence-corrected chi connectivity index (χ1v) is 5.38. The zero-order valence-corrected chi connectivity index (χ0v) is 9.27. The molecule has 1 aliphatic heterocycles. The van der Waals surface area contributed by atoms with Crippen molar-refractivity contribution < 1.29 is 4.79 Å². The highest BCUT2D eigenvalue weighted by Gasteiger charge is 2.30. The zero-order chi connectivity index (χ0) is 11.0. The molecule has 0 bridgehead atoms. The fraction of sp³-hybridized carbons (Fsp3) is 0.364. The third-order valence-corrected chi connectivity index (χ3v) is 3.00. The van der Waals surface area contributed by atoms with Gasteiger partial charge in [0, 0.05) is 17.3 Å². The molecule has 2 rings (SSSR count). The van der Waals surface area contributed by atoms with Gasteiger partial charge in [0.25, 0.3) is 0 Å². The van der Waals surface area contributed by atoms with E-state index in [2.05, 4.69) is 5.32 Å². The van der Waals surface area contributed by atoms with Crippen molar-refractivity contribution in [3.63, 3.8) is 0 Å². The van der Waals surface area contributed by atoms with Crippen LogP contribution >= 0.6 is 11.6 Å². The highest BCUT2D eigenvalue weighted by atomic mass is 35.5. The van der Waals surface area contributed by atoms with Crippen LogP contribution in [0.2, 0.25) is 5.02 Å². The van der Waals surface area contributed by atoms with Crippen molar-refractivity contribution in [1.29, 1.82) is 0 Å². The first-order chi connectivity index (χ1) is 7.17. The molecule has 0 spiro atoms. The summed E-state index contributed by atoms with van der Waals surface area (Å²) in [4.78, 5) is 11.6. The minimum Gasteiger partial charge on any atom is -0.326 e. The molecule has 1 aromatic carbocycles. The van der Waals surface area contributed by atoms with E-state index in [0.717, 1.165) is 23.2 Å². The number of nitrogens with two attached hydrogens (primary N) is 1. The van der Waals surface area contributed by atoms with Crippen LogP contribution in [0.1, 0.15) is 30.4 Å². The number of amides is 1. The molecule has 4 heteroatoms. The van der Waals surface area contributed by atoms with Crippen LogP contribution in [0.5, 0.6) is 0 Å². The van der Waals surface area contributed by atoms with Gasteiger partial charge >= 0.3 is 0 Å². The molecular formula is C11H13ClN2O. The molecule has 3 N–H and O–H groups in total. The van der Waals surface area contributed by atoms with E-state index in [9.17, 15) is 4.79 Å². The molecule has 3 nitrogen and oxygen atoms in total. The largest absolute Gasteiger partial charge is 0.326 e. The number of carbonyl (C=O) groups excluding carboxylic acids is 1. The van der Waals surface area contributed by atoms with Crippen molar-refractivity contribution in [1.82, 2.24) is 0 Å². The van der Waals surface area contributed by atoms with Crippen molar-refractivity contribution in [2.45, 2.75) is 25.8 Å². The quantitative estimate of drug-likeness (QED) is 0.810. The summed E-state index contributed by atoms with van der Waals surface area (Å²) in [5, 5.41) is 3.51. The molecule has 0 aromatic heterocycles.